The van der Waals surface area contributed by atoms with Crippen molar-refractivity contribution in [2.45, 2.75) is 55.6 Å². The van der Waals surface area contributed by atoms with Crippen molar-refractivity contribution >= 4 is 23.2 Å². The predicted octanol–water partition coefficient (Wildman–Crippen LogP) is 3.09. The molecule has 0 amide bonds. The number of rotatable bonds is 2. The minimum absolute atomic E-state index is 0.0418. The van der Waals surface area contributed by atoms with Crippen molar-refractivity contribution in [3.8, 4) is 5.75 Å². The number of benzene rings is 1. The topological polar surface area (TPSA) is 55.7 Å². The lowest BCUT2D eigenvalue weighted by molar-refractivity contribution is -0.148. The van der Waals surface area contributed by atoms with Gasteiger partial charge in [0.1, 0.15) is 0 Å². The van der Waals surface area contributed by atoms with Gasteiger partial charge in [0, 0.05) is 18.0 Å². The van der Waals surface area contributed by atoms with E-state index in [0.717, 1.165) is 68.9 Å². The highest BCUT2D eigenvalue weighted by Crippen LogP contribution is 2.59. The van der Waals surface area contributed by atoms with Crippen molar-refractivity contribution in [1.82, 2.24) is 10.2 Å². The molecule has 2 aliphatic carbocycles. The van der Waals surface area contributed by atoms with Crippen LogP contribution in [0.25, 0.3) is 0 Å². The molecule has 0 aromatic heterocycles. The number of halogens is 2. The molecule has 1 aromatic rings. The Kier molecular flexibility index (Phi) is 4.05. The molecule has 142 valence electrons. The molecule has 5 rings (SSSR count). The van der Waals surface area contributed by atoms with Crippen LogP contribution in [0.5, 0.6) is 5.75 Å². The summed E-state index contributed by atoms with van der Waals surface area (Å²) in [6.45, 7) is 3.75. The summed E-state index contributed by atoms with van der Waals surface area (Å²) in [5.74, 6) is 0.753. The van der Waals surface area contributed by atoms with Crippen LogP contribution in [0.2, 0.25) is 10.0 Å². The second-order valence-electron chi connectivity index (χ2n) is 8.72. The normalized spacial score (nSPS) is 37.0. The molecule has 3 N–H and O–H groups in total. The third-order valence-corrected chi connectivity index (χ3v) is 8.07. The largest absolute Gasteiger partial charge is 0.505 e. The summed E-state index contributed by atoms with van der Waals surface area (Å²) in [7, 11) is 0. The monoisotopic (exact) mass is 396 g/mol. The average Bonchev–Trinajstić information content (AvgIpc) is 3.42. The van der Waals surface area contributed by atoms with Gasteiger partial charge in [-0.05, 0) is 81.3 Å². The Hall–Kier alpha value is -0.520. The average molecular weight is 397 g/mol. The third kappa shape index (κ3) is 2.32. The highest BCUT2D eigenvalue weighted by Gasteiger charge is 2.63. The van der Waals surface area contributed by atoms with Gasteiger partial charge >= 0.3 is 0 Å². The molecule has 26 heavy (non-hydrogen) atoms. The van der Waals surface area contributed by atoms with Crippen LogP contribution in [-0.2, 0) is 11.8 Å². The Bertz CT molecular complexity index is 754. The number of phenols is 1. The summed E-state index contributed by atoms with van der Waals surface area (Å²) in [6, 6.07) is 1.98. The van der Waals surface area contributed by atoms with E-state index in [-0.39, 0.29) is 11.8 Å². The molecule has 3 atom stereocenters. The molecule has 3 fully saturated rings. The Morgan fingerprint density at radius 3 is 2.73 bits per heavy atom. The van der Waals surface area contributed by atoms with Crippen LogP contribution in [0.4, 0.5) is 0 Å². The zero-order chi connectivity index (χ0) is 18.1. The van der Waals surface area contributed by atoms with Crippen molar-refractivity contribution in [3.05, 3.63) is 27.2 Å². The quantitative estimate of drug-likeness (QED) is 0.718. The van der Waals surface area contributed by atoms with Gasteiger partial charge in [0.2, 0.25) is 0 Å². The molecular formula is C20H26Cl2N2O2. The van der Waals surface area contributed by atoms with Gasteiger partial charge in [0.15, 0.2) is 5.75 Å². The molecule has 2 bridgehead atoms. The number of phenolic OH excluding ortho intramolecular Hbond substituents is 1. The molecule has 2 aliphatic heterocycles. The van der Waals surface area contributed by atoms with Crippen LogP contribution >= 0.6 is 23.2 Å². The van der Waals surface area contributed by atoms with Crippen LogP contribution < -0.4 is 5.32 Å². The summed E-state index contributed by atoms with van der Waals surface area (Å²) >= 11 is 12.9. The fraction of sp³-hybridized carbons (Fsp3) is 0.700. The summed E-state index contributed by atoms with van der Waals surface area (Å²) < 4.78 is 0. The molecule has 0 radical (unpaired) electrons. The predicted molar refractivity (Wildman–Crippen MR) is 103 cm³/mol. The first-order valence-electron chi connectivity index (χ1n) is 9.84. The van der Waals surface area contributed by atoms with Gasteiger partial charge in [0.25, 0.3) is 0 Å². The van der Waals surface area contributed by atoms with Gasteiger partial charge < -0.3 is 15.5 Å². The smallest absolute Gasteiger partial charge is 0.153 e. The van der Waals surface area contributed by atoms with E-state index in [1.807, 2.05) is 6.07 Å². The van der Waals surface area contributed by atoms with Crippen LogP contribution in [0.1, 0.15) is 43.2 Å². The highest BCUT2D eigenvalue weighted by atomic mass is 35.5. The van der Waals surface area contributed by atoms with E-state index in [0.29, 0.717) is 10.0 Å². The van der Waals surface area contributed by atoms with E-state index < -0.39 is 11.0 Å². The number of likely N-dealkylation sites (tertiary alicyclic amines) is 1. The first kappa shape index (κ1) is 17.6. The maximum absolute atomic E-state index is 12.1. The van der Waals surface area contributed by atoms with Crippen molar-refractivity contribution in [2.24, 2.45) is 5.92 Å². The van der Waals surface area contributed by atoms with Crippen molar-refractivity contribution in [1.29, 1.82) is 0 Å². The number of aliphatic hydroxyl groups is 1. The molecular weight excluding hydrogens is 371 g/mol. The van der Waals surface area contributed by atoms with Gasteiger partial charge in [-0.1, -0.05) is 23.2 Å². The number of hydrogen-bond acceptors (Lipinski definition) is 4. The summed E-state index contributed by atoms with van der Waals surface area (Å²) in [4.78, 5) is 2.53. The van der Waals surface area contributed by atoms with E-state index >= 15 is 0 Å². The molecule has 2 saturated heterocycles. The molecule has 0 spiro atoms. The van der Waals surface area contributed by atoms with Crippen molar-refractivity contribution in [2.75, 3.05) is 26.2 Å². The first-order chi connectivity index (χ1) is 12.5. The number of hydrogen-bond donors (Lipinski definition) is 3. The number of fused-ring (bicyclic) bond motifs is 1. The van der Waals surface area contributed by atoms with Gasteiger partial charge in [-0.25, -0.2) is 0 Å². The van der Waals surface area contributed by atoms with Crippen LogP contribution in [-0.4, -0.2) is 52.9 Å². The number of aromatic hydroxyl groups is 1. The number of piperidine rings is 1. The number of nitrogens with zero attached hydrogens (tertiary/aromatic N) is 1. The lowest BCUT2D eigenvalue weighted by Gasteiger charge is -2.61. The van der Waals surface area contributed by atoms with E-state index in [4.69, 9.17) is 23.2 Å². The van der Waals surface area contributed by atoms with Crippen molar-refractivity contribution < 1.29 is 10.2 Å². The standard InChI is InChI=1S/C20H26Cl2N2O2/c21-14-9-13-10-15-20(26)4-7-23-6-3-19(20,16(13)17(22)18(14)25)5-8-24(15)11-12-1-2-12/h9,12,15,23,25-26H,1-8,10-11H2/t15-,19+,20-/m1/s1. The maximum Gasteiger partial charge on any atom is 0.153 e. The van der Waals surface area contributed by atoms with E-state index in [1.54, 1.807) is 0 Å². The lowest BCUT2D eigenvalue weighted by atomic mass is 9.52. The molecule has 2 heterocycles. The Labute approximate surface area is 164 Å². The zero-order valence-corrected chi connectivity index (χ0v) is 16.4. The second kappa shape index (κ2) is 5.99. The first-order valence-corrected chi connectivity index (χ1v) is 10.6. The zero-order valence-electron chi connectivity index (χ0n) is 14.9. The second-order valence-corrected chi connectivity index (χ2v) is 9.50. The molecule has 6 heteroatoms. The Morgan fingerprint density at radius 1 is 1.19 bits per heavy atom. The van der Waals surface area contributed by atoms with E-state index in [1.165, 1.54) is 12.8 Å². The molecule has 1 saturated carbocycles. The molecule has 4 aliphatic rings. The lowest BCUT2D eigenvalue weighted by Crippen LogP contribution is -2.71. The van der Waals surface area contributed by atoms with Crippen molar-refractivity contribution in [3.63, 3.8) is 0 Å². The molecule has 4 nitrogen and oxygen atoms in total. The Balaban J connectivity index is 1.70. The minimum Gasteiger partial charge on any atom is -0.505 e. The van der Waals surface area contributed by atoms with Gasteiger partial charge in [-0.15, -0.1) is 0 Å². The number of nitrogens with one attached hydrogen (secondary N) is 1. The Morgan fingerprint density at radius 2 is 1.96 bits per heavy atom. The van der Waals surface area contributed by atoms with Gasteiger partial charge in [-0.3, -0.25) is 4.90 Å². The molecule has 0 unspecified atom stereocenters. The van der Waals surface area contributed by atoms with Crippen LogP contribution in [0, 0.1) is 5.92 Å². The summed E-state index contributed by atoms with van der Waals surface area (Å²) in [5.41, 5.74) is 0.832. The SMILES string of the molecule is Oc1c(Cl)cc2c(c1Cl)[C@@]13CCNCC[C@@]1(O)[C@@H](C2)N(CC1CC1)CC3. The van der Waals surface area contributed by atoms with E-state index in [9.17, 15) is 10.2 Å². The fourth-order valence-electron chi connectivity index (χ4n) is 5.94. The van der Waals surface area contributed by atoms with Crippen LogP contribution in [0.15, 0.2) is 6.07 Å². The fourth-order valence-corrected chi connectivity index (χ4v) is 6.62. The summed E-state index contributed by atoms with van der Waals surface area (Å²) in [6.07, 6.45) is 5.82. The minimum atomic E-state index is -0.819. The molecule has 1 aromatic carbocycles. The van der Waals surface area contributed by atoms with E-state index in [2.05, 4.69) is 10.2 Å². The summed E-state index contributed by atoms with van der Waals surface area (Å²) in [5, 5.41) is 26.7. The van der Waals surface area contributed by atoms with Gasteiger partial charge in [-0.2, -0.15) is 0 Å². The van der Waals surface area contributed by atoms with Crippen LogP contribution in [0.3, 0.4) is 0 Å². The maximum atomic E-state index is 12.1. The highest BCUT2D eigenvalue weighted by molar-refractivity contribution is 6.37. The van der Waals surface area contributed by atoms with Gasteiger partial charge in [0.05, 0.1) is 15.6 Å². The third-order valence-electron chi connectivity index (χ3n) is 7.42.